The monoisotopic (exact) mass is 441 g/mol. The quantitative estimate of drug-likeness (QED) is 0.510. The van der Waals surface area contributed by atoms with Gasteiger partial charge in [-0.1, -0.05) is 25.4 Å². The van der Waals surface area contributed by atoms with Crippen molar-refractivity contribution in [1.29, 1.82) is 0 Å². The number of benzene rings is 2. The molecule has 2 amide bonds. The summed E-state index contributed by atoms with van der Waals surface area (Å²) >= 11 is 5.65. The summed E-state index contributed by atoms with van der Waals surface area (Å²) < 4.78 is 39.5. The van der Waals surface area contributed by atoms with E-state index in [9.17, 15) is 22.8 Å². The van der Waals surface area contributed by atoms with Crippen molar-refractivity contribution in [3.8, 4) is 0 Å². The number of amides is 2. The minimum Gasteiger partial charge on any atom is -0.374 e. The fraction of sp³-hybridized carbons (Fsp3) is 0.333. The van der Waals surface area contributed by atoms with Crippen LogP contribution in [0.3, 0.4) is 0 Å². The first kappa shape index (κ1) is 23.5. The predicted molar refractivity (Wildman–Crippen MR) is 113 cm³/mol. The number of nitrogens with one attached hydrogen (secondary N) is 3. The molecule has 0 saturated carbocycles. The molecule has 0 bridgehead atoms. The molecule has 0 heterocycles. The van der Waals surface area contributed by atoms with Gasteiger partial charge in [-0.15, -0.1) is 0 Å². The van der Waals surface area contributed by atoms with Gasteiger partial charge in [0.05, 0.1) is 11.3 Å². The molecule has 0 spiro atoms. The molecule has 5 nitrogen and oxygen atoms in total. The topological polar surface area (TPSA) is 70.2 Å². The Bertz CT molecular complexity index is 899. The molecule has 2 aromatic carbocycles. The van der Waals surface area contributed by atoms with Gasteiger partial charge in [-0.2, -0.15) is 13.2 Å². The van der Waals surface area contributed by atoms with Gasteiger partial charge in [0.1, 0.15) is 6.04 Å². The van der Waals surface area contributed by atoms with Crippen LogP contribution in [0, 0.1) is 5.92 Å². The van der Waals surface area contributed by atoms with Crippen molar-refractivity contribution in [2.45, 2.75) is 39.4 Å². The molecule has 1 atom stereocenters. The fourth-order valence-electron chi connectivity index (χ4n) is 2.65. The van der Waals surface area contributed by atoms with Crippen molar-refractivity contribution >= 4 is 40.5 Å². The molecule has 30 heavy (non-hydrogen) atoms. The Hall–Kier alpha value is -2.74. The molecule has 3 N–H and O–H groups in total. The Morgan fingerprint density at radius 2 is 1.57 bits per heavy atom. The zero-order valence-electron chi connectivity index (χ0n) is 16.7. The van der Waals surface area contributed by atoms with E-state index in [1.165, 1.54) is 13.0 Å². The molecule has 2 rings (SSSR count). The lowest BCUT2D eigenvalue weighted by Crippen LogP contribution is -2.32. The molecule has 9 heteroatoms. The number of hydrogen-bond acceptors (Lipinski definition) is 3. The van der Waals surface area contributed by atoms with Gasteiger partial charge in [0.25, 0.3) is 0 Å². The smallest absolute Gasteiger partial charge is 0.374 e. The SMILES string of the molecule is CC(C)CC(=O)Nc1ccc(NC(C)C(=O)Nc2ccc(Cl)cc2C(F)(F)F)cc1. The van der Waals surface area contributed by atoms with E-state index in [2.05, 4.69) is 16.0 Å². The second-order valence-corrected chi connectivity index (χ2v) is 7.70. The third-order valence-corrected chi connectivity index (χ3v) is 4.32. The molecular formula is C21H23ClF3N3O2. The molecule has 0 aliphatic rings. The predicted octanol–water partition coefficient (Wildman–Crippen LogP) is 5.78. The number of carbonyl (C=O) groups excluding carboxylic acids is 2. The molecule has 2 aromatic rings. The van der Waals surface area contributed by atoms with Gasteiger partial charge in [0.2, 0.25) is 11.8 Å². The maximum absolute atomic E-state index is 13.2. The van der Waals surface area contributed by atoms with Gasteiger partial charge in [-0.05, 0) is 55.3 Å². The van der Waals surface area contributed by atoms with Crippen LogP contribution in [0.5, 0.6) is 0 Å². The Kier molecular flexibility index (Phi) is 7.72. The molecule has 0 aliphatic carbocycles. The molecule has 0 aliphatic heterocycles. The van der Waals surface area contributed by atoms with E-state index in [4.69, 9.17) is 11.6 Å². The summed E-state index contributed by atoms with van der Waals surface area (Å²) in [6, 6.07) is 9.01. The summed E-state index contributed by atoms with van der Waals surface area (Å²) in [7, 11) is 0. The Balaban J connectivity index is 2.01. The van der Waals surface area contributed by atoms with Gasteiger partial charge in [0, 0.05) is 22.8 Å². The third kappa shape index (κ3) is 6.95. The Labute approximate surface area is 178 Å². The van der Waals surface area contributed by atoms with Crippen LogP contribution in [0.4, 0.5) is 30.2 Å². The molecule has 0 saturated heterocycles. The minimum atomic E-state index is -4.65. The van der Waals surface area contributed by atoms with E-state index < -0.39 is 23.7 Å². The normalized spacial score (nSPS) is 12.4. The van der Waals surface area contributed by atoms with E-state index in [0.717, 1.165) is 12.1 Å². The van der Waals surface area contributed by atoms with Crippen molar-refractivity contribution in [2.24, 2.45) is 5.92 Å². The van der Waals surface area contributed by atoms with Crippen LogP contribution in [-0.2, 0) is 15.8 Å². The summed E-state index contributed by atoms with van der Waals surface area (Å²) in [5.41, 5.74) is -0.197. The third-order valence-electron chi connectivity index (χ3n) is 4.08. The van der Waals surface area contributed by atoms with E-state index in [1.807, 2.05) is 13.8 Å². The number of halogens is 4. The largest absolute Gasteiger partial charge is 0.418 e. The van der Waals surface area contributed by atoms with E-state index in [0.29, 0.717) is 17.8 Å². The van der Waals surface area contributed by atoms with Crippen LogP contribution in [0.25, 0.3) is 0 Å². The van der Waals surface area contributed by atoms with E-state index in [1.54, 1.807) is 24.3 Å². The second kappa shape index (κ2) is 9.84. The molecule has 0 fully saturated rings. The zero-order valence-corrected chi connectivity index (χ0v) is 17.5. The van der Waals surface area contributed by atoms with Crippen molar-refractivity contribution < 1.29 is 22.8 Å². The lowest BCUT2D eigenvalue weighted by Gasteiger charge is -2.18. The summed E-state index contributed by atoms with van der Waals surface area (Å²) in [5, 5.41) is 7.89. The summed E-state index contributed by atoms with van der Waals surface area (Å²) in [6.45, 7) is 5.41. The summed E-state index contributed by atoms with van der Waals surface area (Å²) in [5.74, 6) is -0.497. The maximum atomic E-state index is 13.2. The highest BCUT2D eigenvalue weighted by atomic mass is 35.5. The van der Waals surface area contributed by atoms with Crippen molar-refractivity contribution in [3.05, 3.63) is 53.1 Å². The standard InChI is InChI=1S/C21H23ClF3N3O2/c1-12(2)10-19(29)27-16-7-5-15(6-8-16)26-13(3)20(30)28-18-9-4-14(22)11-17(18)21(23,24)25/h4-9,11-13,26H,10H2,1-3H3,(H,27,29)(H,28,30). The van der Waals surface area contributed by atoms with Crippen LogP contribution < -0.4 is 16.0 Å². The molecular weight excluding hydrogens is 419 g/mol. The van der Waals surface area contributed by atoms with E-state index >= 15 is 0 Å². The number of hydrogen-bond donors (Lipinski definition) is 3. The first-order chi connectivity index (χ1) is 14.0. The summed E-state index contributed by atoms with van der Waals surface area (Å²) in [6.07, 6.45) is -4.25. The highest BCUT2D eigenvalue weighted by Gasteiger charge is 2.34. The number of carbonyl (C=O) groups is 2. The number of anilines is 3. The van der Waals surface area contributed by atoms with Crippen molar-refractivity contribution in [1.82, 2.24) is 0 Å². The van der Waals surface area contributed by atoms with Gasteiger partial charge >= 0.3 is 6.18 Å². The lowest BCUT2D eigenvalue weighted by molar-refractivity contribution is -0.137. The highest BCUT2D eigenvalue weighted by molar-refractivity contribution is 6.30. The first-order valence-electron chi connectivity index (χ1n) is 9.29. The highest BCUT2D eigenvalue weighted by Crippen LogP contribution is 2.36. The average molecular weight is 442 g/mol. The molecule has 1 unspecified atom stereocenters. The Morgan fingerprint density at radius 1 is 0.967 bits per heavy atom. The summed E-state index contributed by atoms with van der Waals surface area (Å²) in [4.78, 5) is 24.2. The van der Waals surface area contributed by atoms with Crippen molar-refractivity contribution in [3.63, 3.8) is 0 Å². The van der Waals surface area contributed by atoms with Crippen LogP contribution in [0.1, 0.15) is 32.8 Å². The number of alkyl halides is 3. The second-order valence-electron chi connectivity index (χ2n) is 7.27. The van der Waals surface area contributed by atoms with E-state index in [-0.39, 0.29) is 22.5 Å². The van der Waals surface area contributed by atoms with Crippen molar-refractivity contribution in [2.75, 3.05) is 16.0 Å². The number of rotatable bonds is 7. The van der Waals surface area contributed by atoms with Gasteiger partial charge in [0.15, 0.2) is 0 Å². The van der Waals surface area contributed by atoms with Crippen LogP contribution >= 0.6 is 11.6 Å². The minimum absolute atomic E-state index is 0.0768. The van der Waals surface area contributed by atoms with Crippen LogP contribution in [0.15, 0.2) is 42.5 Å². The maximum Gasteiger partial charge on any atom is 0.418 e. The first-order valence-corrected chi connectivity index (χ1v) is 9.67. The van der Waals surface area contributed by atoms with Gasteiger partial charge < -0.3 is 16.0 Å². The molecule has 0 aromatic heterocycles. The fourth-order valence-corrected chi connectivity index (χ4v) is 2.82. The van der Waals surface area contributed by atoms with Gasteiger partial charge in [-0.3, -0.25) is 9.59 Å². The zero-order chi connectivity index (χ0) is 22.5. The Morgan fingerprint density at radius 3 is 2.13 bits per heavy atom. The van der Waals surface area contributed by atoms with Gasteiger partial charge in [-0.25, -0.2) is 0 Å². The van der Waals surface area contributed by atoms with Crippen LogP contribution in [0.2, 0.25) is 5.02 Å². The molecule has 162 valence electrons. The van der Waals surface area contributed by atoms with Crippen LogP contribution in [-0.4, -0.2) is 17.9 Å². The lowest BCUT2D eigenvalue weighted by atomic mass is 10.1. The molecule has 0 radical (unpaired) electrons. The average Bonchev–Trinajstić information content (AvgIpc) is 2.63.